The van der Waals surface area contributed by atoms with E-state index in [1.54, 1.807) is 0 Å². The van der Waals surface area contributed by atoms with Gasteiger partial charge < -0.3 is 20.5 Å². The largest absolute Gasteiger partial charge is 0.481 e. The van der Waals surface area contributed by atoms with E-state index in [0.717, 1.165) is 24.0 Å². The van der Waals surface area contributed by atoms with Crippen molar-refractivity contribution in [3.63, 3.8) is 0 Å². The molecule has 2 amide bonds. The van der Waals surface area contributed by atoms with Gasteiger partial charge in [-0.3, -0.25) is 9.59 Å². The van der Waals surface area contributed by atoms with Crippen molar-refractivity contribution in [3.8, 4) is 11.1 Å². The first-order valence-corrected chi connectivity index (χ1v) is 12.1. The maximum atomic E-state index is 12.8. The van der Waals surface area contributed by atoms with Crippen LogP contribution in [0.5, 0.6) is 0 Å². The second kappa shape index (κ2) is 10.7. The molecule has 0 heterocycles. The number of hydrogen-bond acceptors (Lipinski definition) is 4. The van der Waals surface area contributed by atoms with Crippen LogP contribution in [-0.4, -0.2) is 42.3 Å². The van der Waals surface area contributed by atoms with Gasteiger partial charge in [-0.25, -0.2) is 4.79 Å². The monoisotopic (exact) mass is 464 g/mol. The molecule has 7 heteroatoms. The highest BCUT2D eigenvalue weighted by molar-refractivity contribution is 5.81. The Hall–Kier alpha value is -3.35. The van der Waals surface area contributed by atoms with Crippen molar-refractivity contribution in [1.29, 1.82) is 0 Å². The van der Waals surface area contributed by atoms with Crippen molar-refractivity contribution >= 4 is 18.0 Å². The summed E-state index contributed by atoms with van der Waals surface area (Å²) in [5, 5.41) is 14.6. The van der Waals surface area contributed by atoms with Crippen LogP contribution in [0.25, 0.3) is 11.1 Å². The number of amides is 2. The van der Waals surface area contributed by atoms with Crippen LogP contribution in [-0.2, 0) is 14.3 Å². The van der Waals surface area contributed by atoms with Gasteiger partial charge in [-0.05, 0) is 41.0 Å². The number of fused-ring (bicyclic) bond motifs is 3. The van der Waals surface area contributed by atoms with Crippen LogP contribution in [0.4, 0.5) is 4.79 Å². The maximum absolute atomic E-state index is 12.8. The topological polar surface area (TPSA) is 105 Å². The molecule has 2 atom stereocenters. The molecule has 0 aromatic heterocycles. The molecule has 0 bridgehead atoms. The minimum atomic E-state index is -0.942. The number of carbonyl (C=O) groups is 3. The van der Waals surface area contributed by atoms with Crippen LogP contribution in [0.2, 0.25) is 0 Å². The van der Waals surface area contributed by atoms with Gasteiger partial charge in [0.25, 0.3) is 0 Å². The van der Waals surface area contributed by atoms with Crippen molar-refractivity contribution in [2.24, 2.45) is 11.8 Å². The Balaban J connectivity index is 1.33. The highest BCUT2D eigenvalue weighted by Crippen LogP contribution is 2.44. The van der Waals surface area contributed by atoms with Crippen molar-refractivity contribution in [2.45, 2.75) is 51.0 Å². The Morgan fingerprint density at radius 1 is 1.03 bits per heavy atom. The Labute approximate surface area is 199 Å². The summed E-state index contributed by atoms with van der Waals surface area (Å²) >= 11 is 0. The second-order valence-corrected chi connectivity index (χ2v) is 9.29. The van der Waals surface area contributed by atoms with Crippen LogP contribution in [0.3, 0.4) is 0 Å². The zero-order valence-corrected chi connectivity index (χ0v) is 19.5. The fraction of sp³-hybridized carbons (Fsp3) is 0.444. The lowest BCUT2D eigenvalue weighted by molar-refractivity contribution is -0.137. The first-order valence-electron chi connectivity index (χ1n) is 12.1. The first-order chi connectivity index (χ1) is 16.5. The van der Waals surface area contributed by atoms with Crippen LogP contribution >= 0.6 is 0 Å². The molecule has 7 nitrogen and oxygen atoms in total. The third kappa shape index (κ3) is 5.76. The minimum Gasteiger partial charge on any atom is -0.481 e. The normalized spacial score (nSPS) is 16.1. The summed E-state index contributed by atoms with van der Waals surface area (Å²) in [4.78, 5) is 36.4. The molecule has 0 spiro atoms. The predicted molar refractivity (Wildman–Crippen MR) is 128 cm³/mol. The van der Waals surface area contributed by atoms with Crippen molar-refractivity contribution < 1.29 is 24.2 Å². The summed E-state index contributed by atoms with van der Waals surface area (Å²) in [7, 11) is 0. The van der Waals surface area contributed by atoms with Gasteiger partial charge >= 0.3 is 12.1 Å². The number of ether oxygens (including phenoxy) is 1. The summed E-state index contributed by atoms with van der Waals surface area (Å²) in [5.74, 6) is -1.10. The molecule has 0 saturated heterocycles. The van der Waals surface area contributed by atoms with E-state index in [0.29, 0.717) is 18.8 Å². The zero-order chi connectivity index (χ0) is 24.1. The van der Waals surface area contributed by atoms with Gasteiger partial charge in [-0.15, -0.1) is 0 Å². The van der Waals surface area contributed by atoms with Crippen LogP contribution < -0.4 is 10.6 Å². The number of rotatable bonds is 11. The second-order valence-electron chi connectivity index (χ2n) is 9.29. The number of aliphatic carboxylic acids is 1. The molecule has 2 aromatic carbocycles. The molecule has 0 radical (unpaired) electrons. The fourth-order valence-electron chi connectivity index (χ4n) is 4.72. The van der Waals surface area contributed by atoms with Crippen molar-refractivity contribution in [2.75, 3.05) is 13.2 Å². The van der Waals surface area contributed by atoms with Gasteiger partial charge in [0.2, 0.25) is 5.91 Å². The molecule has 4 rings (SSSR count). The molecule has 2 unspecified atom stereocenters. The van der Waals surface area contributed by atoms with E-state index in [1.807, 2.05) is 31.2 Å². The number of carboxylic acids is 1. The van der Waals surface area contributed by atoms with E-state index >= 15 is 0 Å². The van der Waals surface area contributed by atoms with Crippen molar-refractivity contribution in [1.82, 2.24) is 10.6 Å². The van der Waals surface area contributed by atoms with Crippen LogP contribution in [0, 0.1) is 11.8 Å². The quantitative estimate of drug-likeness (QED) is 0.460. The molecular weight excluding hydrogens is 432 g/mol. The van der Waals surface area contributed by atoms with E-state index in [2.05, 4.69) is 34.9 Å². The van der Waals surface area contributed by atoms with E-state index in [-0.39, 0.29) is 31.4 Å². The molecule has 3 N–H and O–H groups in total. The number of nitrogens with one attached hydrogen (secondary N) is 2. The van der Waals surface area contributed by atoms with E-state index in [9.17, 15) is 14.4 Å². The fourth-order valence-corrected chi connectivity index (χ4v) is 4.72. The third-order valence-corrected chi connectivity index (χ3v) is 6.78. The number of benzene rings is 2. The minimum absolute atomic E-state index is 0.0231. The predicted octanol–water partition coefficient (Wildman–Crippen LogP) is 4.31. The number of alkyl carbamates (subject to hydrolysis) is 1. The summed E-state index contributed by atoms with van der Waals surface area (Å²) in [6.07, 6.45) is 2.72. The zero-order valence-electron chi connectivity index (χ0n) is 19.5. The smallest absolute Gasteiger partial charge is 0.407 e. The van der Waals surface area contributed by atoms with E-state index in [1.165, 1.54) is 11.1 Å². The summed E-state index contributed by atoms with van der Waals surface area (Å²) in [6, 6.07) is 15.9. The average Bonchev–Trinajstić information content (AvgIpc) is 3.60. The Kier molecular flexibility index (Phi) is 7.50. The molecule has 2 aliphatic rings. The maximum Gasteiger partial charge on any atom is 0.407 e. The standard InChI is InChI=1S/C27H32N2O5/c1-2-19(14-25(30)31)29-26(32)18(13-17-11-12-17)15-28-27(33)34-16-24-22-9-5-3-7-20(22)21-8-4-6-10-23(21)24/h3-10,17-19,24H,2,11-16H2,1H3,(H,28,33)(H,29,32)(H,30,31). The van der Waals surface area contributed by atoms with E-state index < -0.39 is 24.0 Å². The SMILES string of the molecule is CCC(CC(=O)O)NC(=O)C(CNC(=O)OCC1c2ccccc2-c2ccccc21)CC1CC1. The molecular formula is C27H32N2O5. The Morgan fingerprint density at radius 3 is 2.21 bits per heavy atom. The summed E-state index contributed by atoms with van der Waals surface area (Å²) in [5.41, 5.74) is 4.62. The van der Waals surface area contributed by atoms with Gasteiger partial charge in [-0.2, -0.15) is 0 Å². The highest BCUT2D eigenvalue weighted by Gasteiger charge is 2.32. The number of hydrogen-bond donors (Lipinski definition) is 3. The molecule has 2 aromatic rings. The van der Waals surface area contributed by atoms with Gasteiger partial charge in [0.1, 0.15) is 6.61 Å². The molecule has 180 valence electrons. The first kappa shape index (κ1) is 23.8. The molecule has 1 saturated carbocycles. The third-order valence-electron chi connectivity index (χ3n) is 6.78. The molecule has 34 heavy (non-hydrogen) atoms. The van der Waals surface area contributed by atoms with Crippen LogP contribution in [0.15, 0.2) is 48.5 Å². The summed E-state index contributed by atoms with van der Waals surface area (Å²) in [6.45, 7) is 2.23. The Bertz CT molecular complexity index is 1000. The van der Waals surface area contributed by atoms with Gasteiger partial charge in [0, 0.05) is 18.5 Å². The van der Waals surface area contributed by atoms with Gasteiger partial charge in [-0.1, -0.05) is 68.3 Å². The number of carboxylic acid groups (broad SMARTS) is 1. The number of carbonyl (C=O) groups excluding carboxylic acids is 2. The average molecular weight is 465 g/mol. The lowest BCUT2D eigenvalue weighted by atomic mass is 9.98. The molecule has 1 fully saturated rings. The van der Waals surface area contributed by atoms with Gasteiger partial charge in [0.05, 0.1) is 12.3 Å². The molecule has 0 aliphatic heterocycles. The van der Waals surface area contributed by atoms with Gasteiger partial charge in [0.15, 0.2) is 0 Å². The van der Waals surface area contributed by atoms with E-state index in [4.69, 9.17) is 9.84 Å². The lowest BCUT2D eigenvalue weighted by Crippen LogP contribution is -2.44. The van der Waals surface area contributed by atoms with Crippen LogP contribution in [0.1, 0.15) is 56.1 Å². The summed E-state index contributed by atoms with van der Waals surface area (Å²) < 4.78 is 5.59. The van der Waals surface area contributed by atoms with Crippen molar-refractivity contribution in [3.05, 3.63) is 59.7 Å². The lowest BCUT2D eigenvalue weighted by Gasteiger charge is -2.21. The molecule has 2 aliphatic carbocycles. The highest BCUT2D eigenvalue weighted by atomic mass is 16.5. The Morgan fingerprint density at radius 2 is 1.65 bits per heavy atom.